The fourth-order valence-corrected chi connectivity index (χ4v) is 3.63. The fraction of sp³-hybridized carbons (Fsp3) is 0.412. The van der Waals surface area contributed by atoms with Crippen LogP contribution in [0.1, 0.15) is 25.8 Å². The van der Waals surface area contributed by atoms with Crippen molar-refractivity contribution in [1.82, 2.24) is 5.43 Å². The van der Waals surface area contributed by atoms with Crippen molar-refractivity contribution >= 4 is 27.5 Å². The van der Waals surface area contributed by atoms with E-state index in [2.05, 4.69) is 10.5 Å². The number of carbonyl (C=O) groups is 1. The van der Waals surface area contributed by atoms with Crippen molar-refractivity contribution < 1.29 is 22.7 Å². The van der Waals surface area contributed by atoms with Gasteiger partial charge in [0, 0.05) is 18.6 Å². The maximum Gasteiger partial charge on any atom is 0.240 e. The second-order valence-corrected chi connectivity index (χ2v) is 7.98. The summed E-state index contributed by atoms with van der Waals surface area (Å²) >= 11 is 0. The van der Waals surface area contributed by atoms with Gasteiger partial charge in [0.2, 0.25) is 5.91 Å². The number of sulfone groups is 1. The third-order valence-electron chi connectivity index (χ3n) is 3.91. The largest absolute Gasteiger partial charge is 0.493 e. The molecule has 0 aromatic heterocycles. The van der Waals surface area contributed by atoms with E-state index in [0.717, 1.165) is 17.5 Å². The first kappa shape index (κ1) is 19.0. The number of methoxy groups -OCH3 is 2. The van der Waals surface area contributed by atoms with E-state index in [0.29, 0.717) is 17.7 Å². The van der Waals surface area contributed by atoms with E-state index in [4.69, 9.17) is 9.47 Å². The molecular weight excluding hydrogens is 344 g/mol. The van der Waals surface area contributed by atoms with Crippen molar-refractivity contribution in [2.45, 2.75) is 25.2 Å². The molecule has 1 amide bonds. The van der Waals surface area contributed by atoms with Crippen molar-refractivity contribution in [2.24, 2.45) is 11.0 Å². The van der Waals surface area contributed by atoms with Gasteiger partial charge in [0.05, 0.1) is 19.9 Å². The Morgan fingerprint density at radius 3 is 2.52 bits per heavy atom. The summed E-state index contributed by atoms with van der Waals surface area (Å²) in [6.07, 6.45) is 3.29. The molecule has 0 spiro atoms. The van der Waals surface area contributed by atoms with Crippen LogP contribution in [-0.2, 0) is 14.6 Å². The molecule has 1 atom stereocenters. The molecule has 0 aliphatic carbocycles. The average Bonchev–Trinajstić information content (AvgIpc) is 2.52. The first-order valence-corrected chi connectivity index (χ1v) is 9.57. The van der Waals surface area contributed by atoms with Gasteiger partial charge in [-0.15, -0.1) is 0 Å². The summed E-state index contributed by atoms with van der Waals surface area (Å²) < 4.78 is 34.6. The molecular formula is C17H22N2O5S. The lowest BCUT2D eigenvalue weighted by molar-refractivity contribution is -0.121. The van der Waals surface area contributed by atoms with Gasteiger partial charge in [-0.3, -0.25) is 4.79 Å². The smallest absolute Gasteiger partial charge is 0.240 e. The monoisotopic (exact) mass is 366 g/mol. The van der Waals surface area contributed by atoms with Gasteiger partial charge in [0.15, 0.2) is 21.3 Å². The highest BCUT2D eigenvalue weighted by Gasteiger charge is 2.23. The predicted molar refractivity (Wildman–Crippen MR) is 95.7 cm³/mol. The zero-order valence-electron chi connectivity index (χ0n) is 14.9. The van der Waals surface area contributed by atoms with Gasteiger partial charge >= 0.3 is 0 Å². The predicted octanol–water partition coefficient (Wildman–Crippen LogP) is 2.02. The lowest BCUT2D eigenvalue weighted by Crippen LogP contribution is -2.31. The Morgan fingerprint density at radius 1 is 1.32 bits per heavy atom. The maximum atomic E-state index is 12.1. The number of nitrogens with one attached hydrogen (secondary N) is 1. The number of ether oxygens (including phenoxy) is 2. The van der Waals surface area contributed by atoms with Crippen molar-refractivity contribution in [3.05, 3.63) is 23.3 Å². The van der Waals surface area contributed by atoms with Crippen LogP contribution in [-0.4, -0.2) is 40.5 Å². The van der Waals surface area contributed by atoms with E-state index in [-0.39, 0.29) is 22.5 Å². The summed E-state index contributed by atoms with van der Waals surface area (Å²) in [5.41, 5.74) is 4.71. The van der Waals surface area contributed by atoms with E-state index in [1.165, 1.54) is 20.3 Å². The lowest BCUT2D eigenvalue weighted by atomic mass is 9.93. The highest BCUT2D eigenvalue weighted by atomic mass is 32.2. The number of benzene rings is 1. The molecule has 1 aromatic rings. The molecule has 2 rings (SSSR count). The Bertz CT molecular complexity index is 856. The van der Waals surface area contributed by atoms with Crippen molar-refractivity contribution in [1.29, 1.82) is 0 Å². The van der Waals surface area contributed by atoms with Crippen LogP contribution in [0, 0.1) is 5.92 Å². The number of nitrogens with zero attached hydrogens (tertiary/aromatic N) is 1. The summed E-state index contributed by atoms with van der Waals surface area (Å²) in [4.78, 5) is 11.4. The molecule has 1 aromatic carbocycles. The molecule has 0 saturated heterocycles. The molecule has 0 fully saturated rings. The number of hydrogen-bond acceptors (Lipinski definition) is 6. The van der Waals surface area contributed by atoms with Crippen LogP contribution in [0.3, 0.4) is 0 Å². The van der Waals surface area contributed by atoms with Gasteiger partial charge < -0.3 is 9.47 Å². The second-order valence-electron chi connectivity index (χ2n) is 5.99. The molecule has 25 heavy (non-hydrogen) atoms. The highest BCUT2D eigenvalue weighted by molar-refractivity contribution is 7.90. The van der Waals surface area contributed by atoms with Gasteiger partial charge in [-0.1, -0.05) is 6.92 Å². The third kappa shape index (κ3) is 4.19. The molecule has 0 saturated carbocycles. The number of carbonyl (C=O) groups excluding carboxylic acids is 1. The van der Waals surface area contributed by atoms with Crippen molar-refractivity contribution in [2.75, 3.05) is 20.5 Å². The quantitative estimate of drug-likeness (QED) is 0.860. The van der Waals surface area contributed by atoms with Crippen molar-refractivity contribution in [3.8, 4) is 11.5 Å². The Hall–Kier alpha value is -2.35. The molecule has 8 heteroatoms. The lowest BCUT2D eigenvalue weighted by Gasteiger charge is -2.19. The van der Waals surface area contributed by atoms with Crippen LogP contribution in [0.25, 0.3) is 6.08 Å². The summed E-state index contributed by atoms with van der Waals surface area (Å²) in [6.45, 7) is 3.79. The Kier molecular flexibility index (Phi) is 5.52. The van der Waals surface area contributed by atoms with Crippen LogP contribution < -0.4 is 14.9 Å². The third-order valence-corrected chi connectivity index (χ3v) is 5.02. The number of allylic oxidation sites excluding steroid dienone is 1. The Balaban J connectivity index is 2.54. The maximum absolute atomic E-state index is 12.1. The van der Waals surface area contributed by atoms with Gasteiger partial charge in [-0.25, -0.2) is 13.8 Å². The van der Waals surface area contributed by atoms with Crippen LogP contribution in [0.4, 0.5) is 0 Å². The molecule has 0 bridgehead atoms. The summed E-state index contributed by atoms with van der Waals surface area (Å²) in [5.74, 6) is 0.376. The minimum Gasteiger partial charge on any atom is -0.493 e. The molecule has 1 unspecified atom stereocenters. The van der Waals surface area contributed by atoms with Gasteiger partial charge in [-0.2, -0.15) is 5.10 Å². The molecule has 136 valence electrons. The number of amides is 1. The van der Waals surface area contributed by atoms with Crippen LogP contribution in [0.2, 0.25) is 0 Å². The van der Waals surface area contributed by atoms with Gasteiger partial charge in [0.1, 0.15) is 4.90 Å². The molecule has 1 N–H and O–H groups in total. The Labute approximate surface area is 147 Å². The number of hydrogen-bond donors (Lipinski definition) is 1. The molecule has 1 aliphatic heterocycles. The fourth-order valence-electron chi connectivity index (χ4n) is 2.76. The van der Waals surface area contributed by atoms with E-state index in [9.17, 15) is 13.2 Å². The zero-order valence-corrected chi connectivity index (χ0v) is 15.7. The molecule has 7 nitrogen and oxygen atoms in total. The highest BCUT2D eigenvalue weighted by Crippen LogP contribution is 2.36. The first-order valence-electron chi connectivity index (χ1n) is 7.68. The van der Waals surface area contributed by atoms with E-state index >= 15 is 0 Å². The summed E-state index contributed by atoms with van der Waals surface area (Å²) in [5, 5.41) is 4.11. The molecule has 1 aliphatic rings. The first-order chi connectivity index (χ1) is 11.7. The molecule has 1 heterocycles. The normalized spacial score (nSPS) is 18.4. The van der Waals surface area contributed by atoms with E-state index in [1.54, 1.807) is 6.07 Å². The van der Waals surface area contributed by atoms with Gasteiger partial charge in [-0.05, 0) is 36.3 Å². The summed E-state index contributed by atoms with van der Waals surface area (Å²) in [7, 11) is -0.652. The Morgan fingerprint density at radius 2 is 2.00 bits per heavy atom. The standard InChI is InChI=1S/C17H22N2O5S/c1-10(16-11(2)7-15(20)18-19-16)6-12-8-13(23-3)17(24-4)14(9-12)25(5,21)22/h6,8-9,11H,7H2,1-5H3,(H,18,20). The molecule has 0 radical (unpaired) electrons. The SMILES string of the molecule is COc1cc(C=C(C)C2=NNC(=O)CC2C)cc(S(C)(=O)=O)c1OC. The zero-order chi connectivity index (χ0) is 18.8. The van der Waals surface area contributed by atoms with E-state index < -0.39 is 9.84 Å². The van der Waals surface area contributed by atoms with Crippen LogP contribution in [0.5, 0.6) is 11.5 Å². The second kappa shape index (κ2) is 7.26. The topological polar surface area (TPSA) is 94.1 Å². The average molecular weight is 366 g/mol. The number of rotatable bonds is 5. The summed E-state index contributed by atoms with van der Waals surface area (Å²) in [6, 6.07) is 3.23. The minimum absolute atomic E-state index is 0.0143. The van der Waals surface area contributed by atoms with Crippen molar-refractivity contribution in [3.63, 3.8) is 0 Å². The number of hydrazone groups is 1. The van der Waals surface area contributed by atoms with Gasteiger partial charge in [0.25, 0.3) is 0 Å². The van der Waals surface area contributed by atoms with E-state index in [1.807, 2.05) is 19.9 Å². The minimum atomic E-state index is -3.50. The van der Waals surface area contributed by atoms with Crippen LogP contribution in [0.15, 0.2) is 27.7 Å². The van der Waals surface area contributed by atoms with Crippen LogP contribution >= 0.6 is 0 Å².